The minimum absolute atomic E-state index is 0.410. The number of carboxylic acid groups (broad SMARTS) is 1. The summed E-state index contributed by atoms with van der Waals surface area (Å²) in [6.07, 6.45) is -2.45. The number of aliphatic carboxylic acids is 1. The van der Waals surface area contributed by atoms with Gasteiger partial charge in [-0.2, -0.15) is 0 Å². The molecule has 88 valence electrons. The van der Waals surface area contributed by atoms with Crippen molar-refractivity contribution in [1.82, 2.24) is 0 Å². The van der Waals surface area contributed by atoms with Crippen molar-refractivity contribution in [3.8, 4) is 0 Å². The van der Waals surface area contributed by atoms with E-state index in [1.54, 1.807) is 0 Å². The number of halogens is 4. The van der Waals surface area contributed by atoms with Crippen molar-refractivity contribution in [2.75, 3.05) is 0 Å². The van der Waals surface area contributed by atoms with Crippen molar-refractivity contribution in [2.45, 2.75) is 18.8 Å². The van der Waals surface area contributed by atoms with Crippen LogP contribution in [-0.2, 0) is 11.2 Å². The molecule has 16 heavy (non-hydrogen) atoms. The van der Waals surface area contributed by atoms with E-state index < -0.39 is 41.9 Å². The fourth-order valence-electron chi connectivity index (χ4n) is 1.23. The van der Waals surface area contributed by atoms with Crippen LogP contribution < -0.4 is 0 Å². The zero-order valence-corrected chi connectivity index (χ0v) is 8.01. The van der Waals surface area contributed by atoms with E-state index in [4.69, 9.17) is 5.11 Å². The van der Waals surface area contributed by atoms with E-state index in [9.17, 15) is 22.4 Å². The summed E-state index contributed by atoms with van der Waals surface area (Å²) in [7, 11) is 0. The van der Waals surface area contributed by atoms with Crippen LogP contribution in [0.2, 0.25) is 0 Å². The Labute approximate surface area is 88.5 Å². The molecule has 0 aromatic heterocycles. The maximum atomic E-state index is 13.0. The van der Waals surface area contributed by atoms with Gasteiger partial charge in [0, 0.05) is 12.5 Å². The van der Waals surface area contributed by atoms with Gasteiger partial charge in [0.15, 0.2) is 0 Å². The normalized spacial score (nSPS) is 11.5. The summed E-state index contributed by atoms with van der Waals surface area (Å²) < 4.78 is 51.5. The smallest absolute Gasteiger partial charge is 0.309 e. The standard InChI is InChI=1S/C10H8F4O2/c11-7-2-1-6(8(12)3-7)4-10(13,14)5-9(15)16/h1-3H,4-5H2,(H,15,16). The molecule has 0 fully saturated rings. The maximum Gasteiger partial charge on any atom is 0.309 e. The number of carbonyl (C=O) groups is 1. The first kappa shape index (κ1) is 12.5. The van der Waals surface area contributed by atoms with Gasteiger partial charge in [0.1, 0.15) is 18.1 Å². The first-order valence-electron chi connectivity index (χ1n) is 4.34. The van der Waals surface area contributed by atoms with Crippen LogP contribution in [0.1, 0.15) is 12.0 Å². The number of alkyl halides is 2. The first-order chi connectivity index (χ1) is 7.30. The molecule has 0 aliphatic rings. The molecule has 0 saturated heterocycles. The lowest BCUT2D eigenvalue weighted by atomic mass is 10.0. The first-order valence-corrected chi connectivity index (χ1v) is 4.34. The van der Waals surface area contributed by atoms with Gasteiger partial charge < -0.3 is 5.11 Å². The van der Waals surface area contributed by atoms with E-state index in [0.29, 0.717) is 6.07 Å². The van der Waals surface area contributed by atoms with Crippen LogP contribution in [0.5, 0.6) is 0 Å². The predicted octanol–water partition coefficient (Wildman–Crippen LogP) is 2.62. The summed E-state index contributed by atoms with van der Waals surface area (Å²) >= 11 is 0. The summed E-state index contributed by atoms with van der Waals surface area (Å²) in [6, 6.07) is 2.20. The third-order valence-electron chi connectivity index (χ3n) is 1.87. The van der Waals surface area contributed by atoms with Crippen LogP contribution in [0.15, 0.2) is 18.2 Å². The number of rotatable bonds is 4. The number of hydrogen-bond acceptors (Lipinski definition) is 1. The van der Waals surface area contributed by atoms with Crippen molar-refractivity contribution in [3.63, 3.8) is 0 Å². The van der Waals surface area contributed by atoms with Gasteiger partial charge in [-0.05, 0) is 11.6 Å². The second-order valence-electron chi connectivity index (χ2n) is 3.34. The summed E-state index contributed by atoms with van der Waals surface area (Å²) in [4.78, 5) is 10.1. The summed E-state index contributed by atoms with van der Waals surface area (Å²) in [5, 5.41) is 8.21. The van der Waals surface area contributed by atoms with E-state index in [2.05, 4.69) is 0 Å². The Bertz CT molecular complexity index is 404. The van der Waals surface area contributed by atoms with E-state index in [1.165, 1.54) is 0 Å². The van der Waals surface area contributed by atoms with E-state index in [-0.39, 0.29) is 0 Å². The molecule has 0 bridgehead atoms. The molecule has 0 amide bonds. The number of benzene rings is 1. The zero-order valence-electron chi connectivity index (χ0n) is 8.01. The van der Waals surface area contributed by atoms with Crippen LogP contribution in [0.3, 0.4) is 0 Å². The second kappa shape index (κ2) is 4.51. The molecule has 0 unspecified atom stereocenters. The average Bonchev–Trinajstić information content (AvgIpc) is 2.07. The lowest BCUT2D eigenvalue weighted by Crippen LogP contribution is -2.24. The summed E-state index contributed by atoms with van der Waals surface area (Å²) in [5.41, 5.74) is -0.410. The monoisotopic (exact) mass is 236 g/mol. The molecule has 1 N–H and O–H groups in total. The minimum atomic E-state index is -3.55. The average molecular weight is 236 g/mol. The molecule has 0 saturated carbocycles. The van der Waals surface area contributed by atoms with E-state index in [0.717, 1.165) is 12.1 Å². The predicted molar refractivity (Wildman–Crippen MR) is 47.3 cm³/mol. The van der Waals surface area contributed by atoms with Gasteiger partial charge in [0.05, 0.1) is 0 Å². The molecule has 2 nitrogen and oxygen atoms in total. The quantitative estimate of drug-likeness (QED) is 0.816. The molecular weight excluding hydrogens is 228 g/mol. The Morgan fingerprint density at radius 2 is 1.94 bits per heavy atom. The van der Waals surface area contributed by atoms with E-state index in [1.807, 2.05) is 0 Å². The molecule has 6 heteroatoms. The van der Waals surface area contributed by atoms with Gasteiger partial charge in [0.2, 0.25) is 0 Å². The molecule has 0 heterocycles. The fourth-order valence-corrected chi connectivity index (χ4v) is 1.23. The second-order valence-corrected chi connectivity index (χ2v) is 3.34. The third-order valence-corrected chi connectivity index (χ3v) is 1.87. The highest BCUT2D eigenvalue weighted by atomic mass is 19.3. The van der Waals surface area contributed by atoms with Crippen molar-refractivity contribution in [3.05, 3.63) is 35.4 Å². The molecular formula is C10H8F4O2. The topological polar surface area (TPSA) is 37.3 Å². The Kier molecular flexibility index (Phi) is 3.51. The molecule has 1 rings (SSSR count). The molecule has 1 aromatic carbocycles. The fraction of sp³-hybridized carbons (Fsp3) is 0.300. The third kappa shape index (κ3) is 3.52. The molecule has 0 aliphatic heterocycles. The van der Waals surface area contributed by atoms with Crippen LogP contribution in [-0.4, -0.2) is 17.0 Å². The van der Waals surface area contributed by atoms with Gasteiger partial charge in [-0.25, -0.2) is 17.6 Å². The molecule has 0 atom stereocenters. The maximum absolute atomic E-state index is 13.0. The molecule has 0 aliphatic carbocycles. The Morgan fingerprint density at radius 3 is 2.44 bits per heavy atom. The van der Waals surface area contributed by atoms with Crippen LogP contribution >= 0.6 is 0 Å². The van der Waals surface area contributed by atoms with Gasteiger partial charge in [0.25, 0.3) is 5.92 Å². The van der Waals surface area contributed by atoms with Crippen LogP contribution in [0.4, 0.5) is 17.6 Å². The number of carboxylic acids is 1. The molecule has 0 spiro atoms. The highest BCUT2D eigenvalue weighted by Crippen LogP contribution is 2.25. The summed E-state index contributed by atoms with van der Waals surface area (Å²) in [6.45, 7) is 0. The lowest BCUT2D eigenvalue weighted by Gasteiger charge is -2.14. The van der Waals surface area contributed by atoms with Gasteiger partial charge >= 0.3 is 5.97 Å². The van der Waals surface area contributed by atoms with Gasteiger partial charge in [-0.15, -0.1) is 0 Å². The summed E-state index contributed by atoms with van der Waals surface area (Å²) in [5.74, 6) is -7.20. The number of hydrogen-bond donors (Lipinski definition) is 1. The Balaban J connectivity index is 2.83. The van der Waals surface area contributed by atoms with Crippen LogP contribution in [0.25, 0.3) is 0 Å². The van der Waals surface area contributed by atoms with Crippen molar-refractivity contribution in [2.24, 2.45) is 0 Å². The minimum Gasteiger partial charge on any atom is -0.481 e. The largest absolute Gasteiger partial charge is 0.481 e. The van der Waals surface area contributed by atoms with Crippen molar-refractivity contribution < 1.29 is 27.5 Å². The van der Waals surface area contributed by atoms with Crippen molar-refractivity contribution >= 4 is 5.97 Å². The highest BCUT2D eigenvalue weighted by Gasteiger charge is 2.33. The Hall–Kier alpha value is -1.59. The highest BCUT2D eigenvalue weighted by molar-refractivity contribution is 5.67. The van der Waals surface area contributed by atoms with Gasteiger partial charge in [-0.3, -0.25) is 4.79 Å². The SMILES string of the molecule is O=C(O)CC(F)(F)Cc1ccc(F)cc1F. The molecule has 1 aromatic rings. The zero-order chi connectivity index (χ0) is 12.3. The van der Waals surface area contributed by atoms with E-state index >= 15 is 0 Å². The van der Waals surface area contributed by atoms with Crippen LogP contribution in [0, 0.1) is 11.6 Å². The van der Waals surface area contributed by atoms with Gasteiger partial charge in [-0.1, -0.05) is 6.07 Å². The Morgan fingerprint density at radius 1 is 1.31 bits per heavy atom. The molecule has 0 radical (unpaired) electrons. The van der Waals surface area contributed by atoms with Crippen molar-refractivity contribution in [1.29, 1.82) is 0 Å². The lowest BCUT2D eigenvalue weighted by molar-refractivity contribution is -0.144.